The Morgan fingerprint density at radius 1 is 1.24 bits per heavy atom. The molecule has 0 saturated heterocycles. The zero-order valence-electron chi connectivity index (χ0n) is 10.9. The summed E-state index contributed by atoms with van der Waals surface area (Å²) in [5, 5.41) is 2.28. The Bertz CT molecular complexity index is 708. The minimum atomic E-state index is -0.766. The molecule has 21 heavy (non-hydrogen) atoms. The van der Waals surface area contributed by atoms with Gasteiger partial charge in [-0.3, -0.25) is 4.79 Å². The van der Waals surface area contributed by atoms with Crippen LogP contribution in [0.4, 0.5) is 20.2 Å². The number of nitrogens with two attached hydrogens (primary N) is 1. The summed E-state index contributed by atoms with van der Waals surface area (Å²) in [6, 6.07) is 6.31. The van der Waals surface area contributed by atoms with E-state index in [-0.39, 0.29) is 21.4 Å². The number of benzene rings is 2. The lowest BCUT2D eigenvalue weighted by atomic mass is 10.1. The van der Waals surface area contributed by atoms with Crippen molar-refractivity contribution in [3.05, 3.63) is 52.0 Å². The predicted molar refractivity (Wildman–Crippen MR) is 79.4 cm³/mol. The second-order valence-corrected chi connectivity index (χ2v) is 5.01. The van der Waals surface area contributed by atoms with Gasteiger partial charge in [-0.15, -0.1) is 0 Å². The van der Waals surface area contributed by atoms with Crippen LogP contribution in [0.3, 0.4) is 0 Å². The third-order valence-electron chi connectivity index (χ3n) is 2.76. The number of hydrogen-bond acceptors (Lipinski definition) is 3. The van der Waals surface area contributed by atoms with Crippen molar-refractivity contribution in [3.8, 4) is 5.75 Å². The Kier molecular flexibility index (Phi) is 4.42. The lowest BCUT2D eigenvalue weighted by Gasteiger charge is -2.10. The van der Waals surface area contributed by atoms with Crippen LogP contribution in [-0.2, 0) is 0 Å². The average Bonchev–Trinajstić information content (AvgIpc) is 2.45. The van der Waals surface area contributed by atoms with Gasteiger partial charge < -0.3 is 15.8 Å². The van der Waals surface area contributed by atoms with Gasteiger partial charge in [0.25, 0.3) is 5.91 Å². The first kappa shape index (κ1) is 15.2. The first-order valence-corrected chi connectivity index (χ1v) is 6.61. The van der Waals surface area contributed by atoms with E-state index in [1.165, 1.54) is 19.2 Å². The minimum Gasteiger partial charge on any atom is -0.497 e. The maximum absolute atomic E-state index is 13.7. The molecule has 2 aromatic rings. The molecule has 2 aromatic carbocycles. The number of halogens is 3. The summed E-state index contributed by atoms with van der Waals surface area (Å²) in [6.45, 7) is 0. The highest BCUT2D eigenvalue weighted by molar-refractivity contribution is 9.10. The van der Waals surface area contributed by atoms with Gasteiger partial charge in [-0.05, 0) is 40.2 Å². The predicted octanol–water partition coefficient (Wildman–Crippen LogP) is 3.57. The Hall–Kier alpha value is -2.15. The minimum absolute atomic E-state index is 0.0288. The summed E-state index contributed by atoms with van der Waals surface area (Å²) in [5.74, 6) is -1.69. The summed E-state index contributed by atoms with van der Waals surface area (Å²) < 4.78 is 32.0. The maximum atomic E-state index is 13.7. The monoisotopic (exact) mass is 356 g/mol. The molecule has 7 heteroatoms. The lowest BCUT2D eigenvalue weighted by Crippen LogP contribution is -2.15. The van der Waals surface area contributed by atoms with Gasteiger partial charge >= 0.3 is 0 Å². The van der Waals surface area contributed by atoms with Gasteiger partial charge in [0.15, 0.2) is 0 Å². The summed E-state index contributed by atoms with van der Waals surface area (Å²) in [5.41, 5.74) is 5.73. The second-order valence-electron chi connectivity index (χ2n) is 4.15. The van der Waals surface area contributed by atoms with Crippen LogP contribution in [-0.4, -0.2) is 13.0 Å². The number of carbonyl (C=O) groups excluding carboxylic acids is 1. The molecular formula is C14H11BrF2N2O2. The van der Waals surface area contributed by atoms with Crippen LogP contribution in [0.25, 0.3) is 0 Å². The summed E-state index contributed by atoms with van der Waals surface area (Å²) >= 11 is 2.86. The lowest BCUT2D eigenvalue weighted by molar-refractivity contribution is 0.102. The van der Waals surface area contributed by atoms with Gasteiger partial charge in [0.05, 0.1) is 22.8 Å². The van der Waals surface area contributed by atoms with Crippen LogP contribution in [0.5, 0.6) is 5.75 Å². The van der Waals surface area contributed by atoms with Crippen LogP contribution in [0.2, 0.25) is 0 Å². The van der Waals surface area contributed by atoms with Crippen molar-refractivity contribution in [2.75, 3.05) is 18.2 Å². The van der Waals surface area contributed by atoms with E-state index in [9.17, 15) is 13.6 Å². The fourth-order valence-corrected chi connectivity index (χ4v) is 1.98. The normalized spacial score (nSPS) is 10.3. The quantitative estimate of drug-likeness (QED) is 0.652. The summed E-state index contributed by atoms with van der Waals surface area (Å²) in [6.07, 6.45) is 0. The van der Waals surface area contributed by atoms with Crippen LogP contribution >= 0.6 is 15.9 Å². The van der Waals surface area contributed by atoms with E-state index in [2.05, 4.69) is 21.2 Å². The molecule has 0 aliphatic carbocycles. The molecule has 0 bridgehead atoms. The molecule has 1 amide bonds. The van der Waals surface area contributed by atoms with Crippen molar-refractivity contribution < 1.29 is 18.3 Å². The molecular weight excluding hydrogens is 346 g/mol. The number of carbonyl (C=O) groups is 1. The molecule has 0 heterocycles. The van der Waals surface area contributed by atoms with Gasteiger partial charge in [-0.25, -0.2) is 8.78 Å². The number of anilines is 2. The molecule has 0 spiro atoms. The number of hydrogen-bond donors (Lipinski definition) is 2. The molecule has 2 rings (SSSR count). The highest BCUT2D eigenvalue weighted by atomic mass is 79.9. The maximum Gasteiger partial charge on any atom is 0.257 e. The van der Waals surface area contributed by atoms with E-state index in [0.717, 1.165) is 12.1 Å². The van der Waals surface area contributed by atoms with Crippen molar-refractivity contribution in [3.63, 3.8) is 0 Å². The van der Waals surface area contributed by atoms with Gasteiger partial charge in [0.1, 0.15) is 17.4 Å². The molecule has 0 aliphatic rings. The van der Waals surface area contributed by atoms with Gasteiger partial charge in [0.2, 0.25) is 0 Å². The average molecular weight is 357 g/mol. The third-order valence-corrected chi connectivity index (χ3v) is 3.37. The van der Waals surface area contributed by atoms with E-state index in [0.29, 0.717) is 5.75 Å². The molecule has 0 saturated carbocycles. The number of methoxy groups -OCH3 is 1. The molecule has 0 atom stereocenters. The molecule has 0 aliphatic heterocycles. The van der Waals surface area contributed by atoms with Crippen molar-refractivity contribution in [1.82, 2.24) is 0 Å². The van der Waals surface area contributed by atoms with E-state index < -0.39 is 17.5 Å². The van der Waals surface area contributed by atoms with Crippen LogP contribution in [0.15, 0.2) is 34.8 Å². The fraction of sp³-hybridized carbons (Fsp3) is 0.0714. The smallest absolute Gasteiger partial charge is 0.257 e. The number of nitrogen functional groups attached to an aromatic ring is 1. The van der Waals surface area contributed by atoms with Crippen LogP contribution in [0.1, 0.15) is 10.4 Å². The number of ether oxygens (including phenoxy) is 1. The van der Waals surface area contributed by atoms with Crippen molar-refractivity contribution in [2.45, 2.75) is 0 Å². The van der Waals surface area contributed by atoms with Gasteiger partial charge in [-0.2, -0.15) is 0 Å². The molecule has 0 aromatic heterocycles. The highest BCUT2D eigenvalue weighted by Crippen LogP contribution is 2.25. The van der Waals surface area contributed by atoms with Crippen molar-refractivity contribution in [2.24, 2.45) is 0 Å². The molecule has 3 N–H and O–H groups in total. The summed E-state index contributed by atoms with van der Waals surface area (Å²) in [7, 11) is 1.44. The Balaban J connectivity index is 2.32. The fourth-order valence-electron chi connectivity index (χ4n) is 1.67. The largest absolute Gasteiger partial charge is 0.497 e. The Morgan fingerprint density at radius 3 is 2.62 bits per heavy atom. The van der Waals surface area contributed by atoms with Gasteiger partial charge in [-0.1, -0.05) is 0 Å². The van der Waals surface area contributed by atoms with E-state index in [1.807, 2.05) is 0 Å². The second kappa shape index (κ2) is 6.09. The highest BCUT2D eigenvalue weighted by Gasteiger charge is 2.15. The molecule has 0 unspecified atom stereocenters. The van der Waals surface area contributed by atoms with E-state index in [1.54, 1.807) is 6.07 Å². The first-order chi connectivity index (χ1) is 9.92. The SMILES string of the molecule is COc1ccc(N)c(C(=O)Nc2cc(F)c(Br)cc2F)c1. The van der Waals surface area contributed by atoms with Gasteiger partial charge in [0, 0.05) is 11.8 Å². The molecule has 4 nitrogen and oxygen atoms in total. The number of rotatable bonds is 3. The van der Waals surface area contributed by atoms with E-state index in [4.69, 9.17) is 10.5 Å². The molecule has 0 radical (unpaired) electrons. The molecule has 0 fully saturated rings. The zero-order chi connectivity index (χ0) is 15.6. The number of amides is 1. The number of nitrogens with one attached hydrogen (secondary N) is 1. The Labute approximate surface area is 128 Å². The summed E-state index contributed by atoms with van der Waals surface area (Å²) in [4.78, 5) is 12.1. The first-order valence-electron chi connectivity index (χ1n) is 5.81. The van der Waals surface area contributed by atoms with Crippen LogP contribution in [0, 0.1) is 11.6 Å². The topological polar surface area (TPSA) is 64.3 Å². The van der Waals surface area contributed by atoms with Crippen molar-refractivity contribution in [1.29, 1.82) is 0 Å². The van der Waals surface area contributed by atoms with Crippen LogP contribution < -0.4 is 15.8 Å². The standard InChI is InChI=1S/C14H11BrF2N2O2/c1-21-7-2-3-12(18)8(4-7)14(20)19-13-6-10(16)9(15)5-11(13)17/h2-6H,18H2,1H3,(H,19,20). The van der Waals surface area contributed by atoms with E-state index >= 15 is 0 Å². The molecule has 110 valence electrons. The zero-order valence-corrected chi connectivity index (χ0v) is 12.5. The van der Waals surface area contributed by atoms with Crippen molar-refractivity contribution >= 4 is 33.2 Å². The Morgan fingerprint density at radius 2 is 1.95 bits per heavy atom. The third kappa shape index (κ3) is 3.30.